The highest BCUT2D eigenvalue weighted by Crippen LogP contribution is 2.22. The number of carbonyl (C=O) groups excluding carboxylic acids is 1. The average molecular weight is 394 g/mol. The molecule has 0 spiro atoms. The van der Waals surface area contributed by atoms with Crippen molar-refractivity contribution in [2.75, 3.05) is 39.4 Å². The van der Waals surface area contributed by atoms with E-state index in [0.717, 1.165) is 27.4 Å². The van der Waals surface area contributed by atoms with Gasteiger partial charge in [0.25, 0.3) is 12.3 Å². The molecule has 1 heterocycles. The first-order valence-corrected chi connectivity index (χ1v) is 9.66. The summed E-state index contributed by atoms with van der Waals surface area (Å²) >= 11 is 0. The first kappa shape index (κ1) is 20.7. The maximum absolute atomic E-state index is 14.2. The molecular formula is C16H21F3N2O4S. The predicted molar refractivity (Wildman–Crippen MR) is 88.2 cm³/mol. The third-order valence-corrected chi connectivity index (χ3v) is 5.82. The Morgan fingerprint density at radius 1 is 1.31 bits per heavy atom. The number of amides is 1. The minimum absolute atomic E-state index is 0.0767. The number of morpholine rings is 1. The number of alkyl halides is 2. The number of benzene rings is 1. The number of nitrogens with zero attached hydrogens (tertiary/aromatic N) is 2. The molecule has 1 aromatic rings. The standard InChI is InChI=1S/C16H21F3N2O4S/c1-2-5-20(11-15(18)19)16(22)12-3-4-13(17)14(10-12)26(23,24)21-6-8-25-9-7-21/h3-4,10,15H,2,5-9,11H2,1H3. The summed E-state index contributed by atoms with van der Waals surface area (Å²) in [5.74, 6) is -1.76. The summed E-state index contributed by atoms with van der Waals surface area (Å²) in [4.78, 5) is 12.8. The molecule has 1 aromatic carbocycles. The highest BCUT2D eigenvalue weighted by atomic mass is 32.2. The lowest BCUT2D eigenvalue weighted by molar-refractivity contribution is 0.0555. The van der Waals surface area contributed by atoms with Crippen molar-refractivity contribution in [3.05, 3.63) is 29.6 Å². The Morgan fingerprint density at radius 3 is 2.54 bits per heavy atom. The van der Waals surface area contributed by atoms with E-state index in [-0.39, 0.29) is 38.4 Å². The normalized spacial score (nSPS) is 16.0. The zero-order chi connectivity index (χ0) is 19.3. The van der Waals surface area contributed by atoms with E-state index in [1.807, 2.05) is 0 Å². The van der Waals surface area contributed by atoms with Crippen LogP contribution in [0.1, 0.15) is 23.7 Å². The Balaban J connectivity index is 2.35. The molecule has 10 heteroatoms. The Hall–Kier alpha value is -1.65. The van der Waals surface area contributed by atoms with Crippen LogP contribution in [0.2, 0.25) is 0 Å². The second-order valence-corrected chi connectivity index (χ2v) is 7.71. The number of halogens is 3. The van der Waals surface area contributed by atoms with Gasteiger partial charge in [-0.3, -0.25) is 4.79 Å². The molecular weight excluding hydrogens is 373 g/mol. The molecule has 6 nitrogen and oxygen atoms in total. The van der Waals surface area contributed by atoms with Gasteiger partial charge in [0.15, 0.2) is 0 Å². The summed E-state index contributed by atoms with van der Waals surface area (Å²) in [6.45, 7) is 1.59. The van der Waals surface area contributed by atoms with Crippen LogP contribution in [0.15, 0.2) is 23.1 Å². The molecule has 0 unspecified atom stereocenters. The second-order valence-electron chi connectivity index (χ2n) is 5.80. The van der Waals surface area contributed by atoms with Gasteiger partial charge in [-0.1, -0.05) is 6.92 Å². The highest BCUT2D eigenvalue weighted by Gasteiger charge is 2.30. The van der Waals surface area contributed by atoms with E-state index in [1.54, 1.807) is 6.92 Å². The van der Waals surface area contributed by atoms with Crippen molar-refractivity contribution in [1.29, 1.82) is 0 Å². The molecule has 0 N–H and O–H groups in total. The van der Waals surface area contributed by atoms with Crippen LogP contribution in [0.5, 0.6) is 0 Å². The van der Waals surface area contributed by atoms with Crippen molar-refractivity contribution in [2.24, 2.45) is 0 Å². The van der Waals surface area contributed by atoms with Crippen LogP contribution in [0.25, 0.3) is 0 Å². The molecule has 1 aliphatic heterocycles. The van der Waals surface area contributed by atoms with Gasteiger partial charge in [0, 0.05) is 25.2 Å². The van der Waals surface area contributed by atoms with Crippen LogP contribution >= 0.6 is 0 Å². The fraction of sp³-hybridized carbons (Fsp3) is 0.562. The monoisotopic (exact) mass is 394 g/mol. The van der Waals surface area contributed by atoms with Crippen LogP contribution in [-0.2, 0) is 14.8 Å². The molecule has 0 bridgehead atoms. The minimum Gasteiger partial charge on any atom is -0.379 e. The summed E-state index contributed by atoms with van der Waals surface area (Å²) in [6, 6.07) is 2.88. The SMILES string of the molecule is CCCN(CC(F)F)C(=O)c1ccc(F)c(S(=O)(=O)N2CCOCC2)c1. The van der Waals surface area contributed by atoms with Crippen molar-refractivity contribution in [1.82, 2.24) is 9.21 Å². The van der Waals surface area contributed by atoms with Gasteiger partial charge in [-0.25, -0.2) is 21.6 Å². The van der Waals surface area contributed by atoms with E-state index in [0.29, 0.717) is 6.42 Å². The Kier molecular flexibility index (Phi) is 7.01. The number of hydrogen-bond acceptors (Lipinski definition) is 4. The van der Waals surface area contributed by atoms with Crippen LogP contribution in [0, 0.1) is 5.82 Å². The molecule has 146 valence electrons. The largest absolute Gasteiger partial charge is 0.379 e. The lowest BCUT2D eigenvalue weighted by atomic mass is 10.2. The van der Waals surface area contributed by atoms with Crippen molar-refractivity contribution < 1.29 is 31.1 Å². The van der Waals surface area contributed by atoms with Gasteiger partial charge in [0.05, 0.1) is 19.8 Å². The molecule has 0 saturated carbocycles. The van der Waals surface area contributed by atoms with Crippen LogP contribution in [0.3, 0.4) is 0 Å². The molecule has 0 aliphatic carbocycles. The second kappa shape index (κ2) is 8.83. The minimum atomic E-state index is -4.15. The fourth-order valence-corrected chi connectivity index (χ4v) is 4.15. The Labute approximate surface area is 150 Å². The van der Waals surface area contributed by atoms with E-state index in [9.17, 15) is 26.4 Å². The van der Waals surface area contributed by atoms with Gasteiger partial charge in [-0.15, -0.1) is 0 Å². The Bertz CT molecular complexity index is 737. The quantitative estimate of drug-likeness (QED) is 0.709. The fourth-order valence-electron chi connectivity index (χ4n) is 2.65. The van der Waals surface area contributed by atoms with Crippen LogP contribution in [-0.4, -0.2) is 69.3 Å². The van der Waals surface area contributed by atoms with Crippen LogP contribution in [0.4, 0.5) is 13.2 Å². The third-order valence-electron chi connectivity index (χ3n) is 3.91. The predicted octanol–water partition coefficient (Wildman–Crippen LogP) is 1.96. The van der Waals surface area contributed by atoms with Crippen molar-refractivity contribution in [3.8, 4) is 0 Å². The van der Waals surface area contributed by atoms with Gasteiger partial charge >= 0.3 is 0 Å². The summed E-state index contributed by atoms with van der Waals surface area (Å²) in [7, 11) is -4.15. The molecule has 0 aromatic heterocycles. The van der Waals surface area contributed by atoms with Gasteiger partial charge in [0.1, 0.15) is 10.7 Å². The topological polar surface area (TPSA) is 66.9 Å². The van der Waals surface area contributed by atoms with Crippen molar-refractivity contribution >= 4 is 15.9 Å². The molecule has 1 aliphatic rings. The van der Waals surface area contributed by atoms with Crippen molar-refractivity contribution in [2.45, 2.75) is 24.7 Å². The van der Waals surface area contributed by atoms with E-state index in [4.69, 9.17) is 4.74 Å². The maximum Gasteiger partial charge on any atom is 0.255 e. The molecule has 26 heavy (non-hydrogen) atoms. The van der Waals surface area contributed by atoms with Gasteiger partial charge in [-0.2, -0.15) is 4.31 Å². The number of sulfonamides is 1. The first-order valence-electron chi connectivity index (χ1n) is 8.22. The first-order chi connectivity index (χ1) is 12.3. The van der Waals surface area contributed by atoms with E-state index in [1.165, 1.54) is 0 Å². The molecule has 1 amide bonds. The lowest BCUT2D eigenvalue weighted by Crippen LogP contribution is -2.41. The zero-order valence-electron chi connectivity index (χ0n) is 14.3. The van der Waals surface area contributed by atoms with Gasteiger partial charge in [-0.05, 0) is 24.6 Å². The van der Waals surface area contributed by atoms with E-state index >= 15 is 0 Å². The van der Waals surface area contributed by atoms with Crippen molar-refractivity contribution in [3.63, 3.8) is 0 Å². The van der Waals surface area contributed by atoms with E-state index < -0.39 is 39.6 Å². The lowest BCUT2D eigenvalue weighted by Gasteiger charge is -2.26. The molecule has 1 saturated heterocycles. The number of rotatable bonds is 7. The number of carbonyl (C=O) groups is 1. The maximum atomic E-state index is 14.2. The zero-order valence-corrected chi connectivity index (χ0v) is 15.1. The average Bonchev–Trinajstić information content (AvgIpc) is 2.61. The van der Waals surface area contributed by atoms with Gasteiger partial charge < -0.3 is 9.64 Å². The molecule has 1 fully saturated rings. The summed E-state index contributed by atoms with van der Waals surface area (Å²) in [6.07, 6.45) is -2.26. The molecule has 0 atom stereocenters. The van der Waals surface area contributed by atoms with Gasteiger partial charge in [0.2, 0.25) is 10.0 Å². The number of ether oxygens (including phenoxy) is 1. The Morgan fingerprint density at radius 2 is 1.96 bits per heavy atom. The highest BCUT2D eigenvalue weighted by molar-refractivity contribution is 7.89. The van der Waals surface area contributed by atoms with Crippen LogP contribution < -0.4 is 0 Å². The third kappa shape index (κ3) is 4.74. The summed E-state index contributed by atoms with van der Waals surface area (Å²) < 4.78 is 71.0. The van der Waals surface area contributed by atoms with E-state index in [2.05, 4.69) is 0 Å². The number of hydrogen-bond donors (Lipinski definition) is 0. The molecule has 0 radical (unpaired) electrons. The smallest absolute Gasteiger partial charge is 0.255 e. The summed E-state index contributed by atoms with van der Waals surface area (Å²) in [5.41, 5.74) is -0.146. The molecule has 2 rings (SSSR count). The summed E-state index contributed by atoms with van der Waals surface area (Å²) in [5, 5.41) is 0.